The van der Waals surface area contributed by atoms with Gasteiger partial charge in [-0.15, -0.1) is 0 Å². The van der Waals surface area contributed by atoms with Crippen LogP contribution in [0.25, 0.3) is 0 Å². The van der Waals surface area contributed by atoms with E-state index >= 15 is 0 Å². The Bertz CT molecular complexity index is 453. The SMILES string of the molecule is CCC1(C(=O)Cc2cccc(Cl)c2Cl)CCNC1. The van der Waals surface area contributed by atoms with Gasteiger partial charge in [0.05, 0.1) is 10.0 Å². The van der Waals surface area contributed by atoms with Crippen LogP contribution in [0.2, 0.25) is 10.0 Å². The third-order valence-corrected chi connectivity index (χ3v) is 4.75. The molecule has 1 unspecified atom stereocenters. The molecule has 98 valence electrons. The van der Waals surface area contributed by atoms with Crippen LogP contribution in [-0.4, -0.2) is 18.9 Å². The zero-order valence-electron chi connectivity index (χ0n) is 10.4. The summed E-state index contributed by atoms with van der Waals surface area (Å²) < 4.78 is 0. The van der Waals surface area contributed by atoms with Crippen LogP contribution in [0.4, 0.5) is 0 Å². The molecule has 0 aromatic heterocycles. The van der Waals surface area contributed by atoms with Gasteiger partial charge in [-0.05, 0) is 31.0 Å². The Hall–Kier alpha value is -0.570. The van der Waals surface area contributed by atoms with E-state index in [0.29, 0.717) is 16.5 Å². The first-order chi connectivity index (χ1) is 8.59. The van der Waals surface area contributed by atoms with Crippen LogP contribution in [0.3, 0.4) is 0 Å². The molecule has 1 N–H and O–H groups in total. The van der Waals surface area contributed by atoms with E-state index in [-0.39, 0.29) is 11.2 Å². The van der Waals surface area contributed by atoms with E-state index in [0.717, 1.165) is 31.5 Å². The summed E-state index contributed by atoms with van der Waals surface area (Å²) in [6.45, 7) is 3.77. The molecule has 2 nitrogen and oxygen atoms in total. The van der Waals surface area contributed by atoms with Crippen LogP contribution in [0, 0.1) is 5.41 Å². The maximum Gasteiger partial charge on any atom is 0.144 e. The van der Waals surface area contributed by atoms with E-state index in [1.807, 2.05) is 12.1 Å². The standard InChI is InChI=1S/C14H17Cl2NO/c1-2-14(6-7-17-9-14)12(18)8-10-4-3-5-11(15)13(10)16/h3-5,17H,2,6-9H2,1H3. The lowest BCUT2D eigenvalue weighted by Crippen LogP contribution is -2.34. The number of halogens is 2. The fourth-order valence-corrected chi connectivity index (χ4v) is 2.91. The Morgan fingerprint density at radius 2 is 2.22 bits per heavy atom. The molecule has 0 spiro atoms. The van der Waals surface area contributed by atoms with E-state index in [1.165, 1.54) is 0 Å². The lowest BCUT2D eigenvalue weighted by atomic mass is 9.78. The van der Waals surface area contributed by atoms with Crippen LogP contribution in [-0.2, 0) is 11.2 Å². The van der Waals surface area contributed by atoms with Gasteiger partial charge in [0.2, 0.25) is 0 Å². The number of rotatable bonds is 4. The minimum absolute atomic E-state index is 0.217. The predicted molar refractivity (Wildman–Crippen MR) is 75.4 cm³/mol. The molecule has 0 bridgehead atoms. The minimum Gasteiger partial charge on any atom is -0.316 e. The van der Waals surface area contributed by atoms with Gasteiger partial charge in [-0.1, -0.05) is 42.3 Å². The molecule has 2 rings (SSSR count). The molecular weight excluding hydrogens is 269 g/mol. The summed E-state index contributed by atoms with van der Waals surface area (Å²) in [5.41, 5.74) is 0.611. The van der Waals surface area contributed by atoms with Crippen molar-refractivity contribution in [1.82, 2.24) is 5.32 Å². The van der Waals surface area contributed by atoms with Crippen molar-refractivity contribution in [3.05, 3.63) is 33.8 Å². The topological polar surface area (TPSA) is 29.1 Å². The maximum atomic E-state index is 12.5. The summed E-state index contributed by atoms with van der Waals surface area (Å²) in [6, 6.07) is 5.45. The molecule has 1 fully saturated rings. The van der Waals surface area contributed by atoms with E-state index in [1.54, 1.807) is 6.07 Å². The molecule has 1 aliphatic heterocycles. The predicted octanol–water partition coefficient (Wildman–Crippen LogP) is 3.49. The average molecular weight is 286 g/mol. The van der Waals surface area contributed by atoms with Crippen LogP contribution in [0.1, 0.15) is 25.3 Å². The summed E-state index contributed by atoms with van der Waals surface area (Å²) >= 11 is 12.1. The average Bonchev–Trinajstić information content (AvgIpc) is 2.85. The van der Waals surface area contributed by atoms with Gasteiger partial charge in [0.15, 0.2) is 0 Å². The first kappa shape index (κ1) is 13.9. The van der Waals surface area contributed by atoms with Gasteiger partial charge in [-0.2, -0.15) is 0 Å². The zero-order chi connectivity index (χ0) is 13.2. The van der Waals surface area contributed by atoms with Crippen molar-refractivity contribution in [1.29, 1.82) is 0 Å². The molecule has 1 aromatic rings. The Balaban J connectivity index is 2.18. The molecule has 0 aliphatic carbocycles. The lowest BCUT2D eigenvalue weighted by Gasteiger charge is -2.25. The molecule has 1 saturated heterocycles. The molecule has 1 heterocycles. The second-order valence-corrected chi connectivity index (χ2v) is 5.66. The number of hydrogen-bond acceptors (Lipinski definition) is 2. The van der Waals surface area contributed by atoms with E-state index in [4.69, 9.17) is 23.2 Å². The zero-order valence-corrected chi connectivity index (χ0v) is 11.9. The number of nitrogens with one attached hydrogen (secondary N) is 1. The third kappa shape index (κ3) is 2.56. The number of carbonyl (C=O) groups is 1. The smallest absolute Gasteiger partial charge is 0.144 e. The van der Waals surface area contributed by atoms with Gasteiger partial charge >= 0.3 is 0 Å². The summed E-state index contributed by atoms with van der Waals surface area (Å²) in [5, 5.41) is 4.29. The van der Waals surface area contributed by atoms with E-state index in [9.17, 15) is 4.79 Å². The van der Waals surface area contributed by atoms with Crippen LogP contribution in [0.15, 0.2) is 18.2 Å². The van der Waals surface area contributed by atoms with Crippen LogP contribution in [0.5, 0.6) is 0 Å². The Morgan fingerprint density at radius 1 is 1.44 bits per heavy atom. The molecule has 0 saturated carbocycles. The molecule has 4 heteroatoms. The van der Waals surface area contributed by atoms with Crippen molar-refractivity contribution in [2.24, 2.45) is 5.41 Å². The largest absolute Gasteiger partial charge is 0.316 e. The molecule has 0 radical (unpaired) electrons. The summed E-state index contributed by atoms with van der Waals surface area (Å²) in [5.74, 6) is 0.263. The van der Waals surface area contributed by atoms with Gasteiger partial charge in [0.25, 0.3) is 0 Å². The highest BCUT2D eigenvalue weighted by molar-refractivity contribution is 6.42. The molecule has 1 aliphatic rings. The molecule has 18 heavy (non-hydrogen) atoms. The number of hydrogen-bond donors (Lipinski definition) is 1. The summed E-state index contributed by atoms with van der Waals surface area (Å²) in [4.78, 5) is 12.5. The second-order valence-electron chi connectivity index (χ2n) is 4.87. The number of benzene rings is 1. The molecular formula is C14H17Cl2NO. The van der Waals surface area contributed by atoms with Crippen molar-refractivity contribution in [2.75, 3.05) is 13.1 Å². The number of Topliss-reactive ketones (excluding diaryl/α,β-unsaturated/α-hetero) is 1. The highest BCUT2D eigenvalue weighted by atomic mass is 35.5. The van der Waals surface area contributed by atoms with Gasteiger partial charge in [-0.25, -0.2) is 0 Å². The first-order valence-corrected chi connectivity index (χ1v) is 7.01. The van der Waals surface area contributed by atoms with Crippen LogP contribution >= 0.6 is 23.2 Å². The summed E-state index contributed by atoms with van der Waals surface area (Å²) in [7, 11) is 0. The fraction of sp³-hybridized carbons (Fsp3) is 0.500. The molecule has 1 aromatic carbocycles. The van der Waals surface area contributed by atoms with Crippen molar-refractivity contribution in [3.8, 4) is 0 Å². The molecule has 0 amide bonds. The fourth-order valence-electron chi connectivity index (χ4n) is 2.53. The van der Waals surface area contributed by atoms with Crippen molar-refractivity contribution < 1.29 is 4.79 Å². The van der Waals surface area contributed by atoms with Gasteiger partial charge < -0.3 is 5.32 Å². The summed E-state index contributed by atoms with van der Waals surface area (Å²) in [6.07, 6.45) is 2.16. The number of ketones is 1. The van der Waals surface area contributed by atoms with Gasteiger partial charge in [-0.3, -0.25) is 4.79 Å². The first-order valence-electron chi connectivity index (χ1n) is 6.26. The van der Waals surface area contributed by atoms with Gasteiger partial charge in [0.1, 0.15) is 5.78 Å². The van der Waals surface area contributed by atoms with Crippen molar-refractivity contribution >= 4 is 29.0 Å². The second kappa shape index (κ2) is 5.60. The Morgan fingerprint density at radius 3 is 2.83 bits per heavy atom. The number of carbonyl (C=O) groups excluding carboxylic acids is 1. The molecule has 1 atom stereocenters. The van der Waals surface area contributed by atoms with E-state index < -0.39 is 0 Å². The van der Waals surface area contributed by atoms with Crippen molar-refractivity contribution in [2.45, 2.75) is 26.2 Å². The Labute approximate surface area is 118 Å². The maximum absolute atomic E-state index is 12.5. The van der Waals surface area contributed by atoms with Crippen LogP contribution < -0.4 is 5.32 Å². The minimum atomic E-state index is -0.217. The quantitative estimate of drug-likeness (QED) is 0.918. The third-order valence-electron chi connectivity index (χ3n) is 3.89. The van der Waals surface area contributed by atoms with Crippen molar-refractivity contribution in [3.63, 3.8) is 0 Å². The van der Waals surface area contributed by atoms with E-state index in [2.05, 4.69) is 12.2 Å². The highest BCUT2D eigenvalue weighted by Crippen LogP contribution is 2.33. The lowest BCUT2D eigenvalue weighted by molar-refractivity contribution is -0.127. The Kier molecular flexibility index (Phi) is 4.31. The normalized spacial score (nSPS) is 23.3. The van der Waals surface area contributed by atoms with Gasteiger partial charge in [0, 0.05) is 18.4 Å². The highest BCUT2D eigenvalue weighted by Gasteiger charge is 2.38. The monoisotopic (exact) mass is 285 g/mol.